The van der Waals surface area contributed by atoms with E-state index in [2.05, 4.69) is 121 Å². The standard InChI is InChI=1S/C36H24O/c37-28-20-21-29-26(23-28)13-9-19-30(29)36-33-17-6-4-15-31(33)35(32-16-5-7-18-34(32)36)27-14-8-12-25(22-27)24-10-2-1-3-11-24/h1-23,37H. The molecular weight excluding hydrogens is 448 g/mol. The summed E-state index contributed by atoms with van der Waals surface area (Å²) in [5, 5.41) is 17.2. The van der Waals surface area contributed by atoms with Crippen LogP contribution in [0.4, 0.5) is 0 Å². The normalized spacial score (nSPS) is 11.4. The van der Waals surface area contributed by atoms with Crippen LogP contribution in [0, 0.1) is 0 Å². The Morgan fingerprint density at radius 3 is 1.62 bits per heavy atom. The van der Waals surface area contributed by atoms with Crippen LogP contribution in [-0.4, -0.2) is 5.11 Å². The summed E-state index contributed by atoms with van der Waals surface area (Å²) >= 11 is 0. The van der Waals surface area contributed by atoms with Crippen LogP contribution in [0.15, 0.2) is 140 Å². The van der Waals surface area contributed by atoms with Gasteiger partial charge in [0.25, 0.3) is 0 Å². The lowest BCUT2D eigenvalue weighted by Crippen LogP contribution is -1.92. The molecule has 0 fully saturated rings. The molecule has 0 aliphatic carbocycles. The highest BCUT2D eigenvalue weighted by Crippen LogP contribution is 2.45. The summed E-state index contributed by atoms with van der Waals surface area (Å²) in [5.41, 5.74) is 7.30. The maximum Gasteiger partial charge on any atom is 0.116 e. The molecule has 0 amide bonds. The van der Waals surface area contributed by atoms with Gasteiger partial charge in [-0.05, 0) is 83.9 Å². The first-order valence-corrected chi connectivity index (χ1v) is 12.6. The zero-order valence-corrected chi connectivity index (χ0v) is 20.2. The zero-order chi connectivity index (χ0) is 24.8. The van der Waals surface area contributed by atoms with Gasteiger partial charge in [-0.25, -0.2) is 0 Å². The second-order valence-electron chi connectivity index (χ2n) is 9.50. The molecule has 174 valence electrons. The Bertz CT molecular complexity index is 1880. The monoisotopic (exact) mass is 472 g/mol. The second-order valence-corrected chi connectivity index (χ2v) is 9.50. The van der Waals surface area contributed by atoms with Crippen molar-refractivity contribution in [3.8, 4) is 39.1 Å². The third-order valence-corrected chi connectivity index (χ3v) is 7.32. The van der Waals surface area contributed by atoms with E-state index in [4.69, 9.17) is 0 Å². The van der Waals surface area contributed by atoms with Crippen molar-refractivity contribution in [1.29, 1.82) is 0 Å². The van der Waals surface area contributed by atoms with Gasteiger partial charge in [-0.15, -0.1) is 0 Å². The van der Waals surface area contributed by atoms with E-state index in [-0.39, 0.29) is 5.75 Å². The predicted octanol–water partition coefficient (Wildman–Crippen LogP) is 9.85. The van der Waals surface area contributed by atoms with Crippen LogP contribution < -0.4 is 0 Å². The van der Waals surface area contributed by atoms with Gasteiger partial charge < -0.3 is 5.11 Å². The average molecular weight is 473 g/mol. The SMILES string of the molecule is Oc1ccc2c(-c3c4ccccc4c(-c4cccc(-c5ccccc5)c4)c4ccccc34)cccc2c1. The van der Waals surface area contributed by atoms with Gasteiger partial charge >= 0.3 is 0 Å². The Morgan fingerprint density at radius 1 is 0.351 bits per heavy atom. The van der Waals surface area contributed by atoms with Gasteiger partial charge in [-0.2, -0.15) is 0 Å². The van der Waals surface area contributed by atoms with E-state index in [0.717, 1.165) is 10.8 Å². The molecule has 7 rings (SSSR count). The number of phenols is 1. The Kier molecular flexibility index (Phi) is 5.01. The summed E-state index contributed by atoms with van der Waals surface area (Å²) in [4.78, 5) is 0. The molecule has 0 bridgehead atoms. The fraction of sp³-hybridized carbons (Fsp3) is 0. The number of hydrogen-bond donors (Lipinski definition) is 1. The van der Waals surface area contributed by atoms with Crippen molar-refractivity contribution in [1.82, 2.24) is 0 Å². The summed E-state index contributed by atoms with van der Waals surface area (Å²) in [6.07, 6.45) is 0. The number of fused-ring (bicyclic) bond motifs is 3. The Hall–Kier alpha value is -4.88. The highest BCUT2D eigenvalue weighted by atomic mass is 16.3. The van der Waals surface area contributed by atoms with Crippen molar-refractivity contribution in [3.05, 3.63) is 140 Å². The second kappa shape index (κ2) is 8.65. The van der Waals surface area contributed by atoms with Gasteiger partial charge in [0.05, 0.1) is 0 Å². The first-order chi connectivity index (χ1) is 18.3. The van der Waals surface area contributed by atoms with Crippen LogP contribution in [0.25, 0.3) is 65.7 Å². The largest absolute Gasteiger partial charge is 0.508 e. The van der Waals surface area contributed by atoms with Crippen LogP contribution in [0.1, 0.15) is 0 Å². The molecule has 1 heteroatoms. The average Bonchev–Trinajstić information content (AvgIpc) is 2.96. The van der Waals surface area contributed by atoms with Gasteiger partial charge in [0.2, 0.25) is 0 Å². The molecule has 0 unspecified atom stereocenters. The van der Waals surface area contributed by atoms with E-state index in [1.807, 2.05) is 12.1 Å². The van der Waals surface area contributed by atoms with Crippen LogP contribution in [0.2, 0.25) is 0 Å². The first-order valence-electron chi connectivity index (χ1n) is 12.6. The van der Waals surface area contributed by atoms with Crippen molar-refractivity contribution >= 4 is 32.3 Å². The number of phenolic OH excluding ortho intramolecular Hbond substituents is 1. The van der Waals surface area contributed by atoms with Crippen molar-refractivity contribution < 1.29 is 5.11 Å². The van der Waals surface area contributed by atoms with Crippen LogP contribution >= 0.6 is 0 Å². The molecule has 7 aromatic carbocycles. The van der Waals surface area contributed by atoms with E-state index in [1.165, 1.54) is 54.9 Å². The van der Waals surface area contributed by atoms with Crippen molar-refractivity contribution in [3.63, 3.8) is 0 Å². The van der Waals surface area contributed by atoms with E-state index in [0.29, 0.717) is 0 Å². The topological polar surface area (TPSA) is 20.2 Å². The molecule has 0 atom stereocenters. The maximum absolute atomic E-state index is 10.1. The molecule has 0 radical (unpaired) electrons. The Labute approximate surface area is 215 Å². The molecule has 0 heterocycles. The van der Waals surface area contributed by atoms with Gasteiger partial charge in [0.1, 0.15) is 5.75 Å². The summed E-state index contributed by atoms with van der Waals surface area (Å²) in [5.74, 6) is 0.285. The zero-order valence-electron chi connectivity index (χ0n) is 20.2. The fourth-order valence-corrected chi connectivity index (χ4v) is 5.70. The van der Waals surface area contributed by atoms with E-state index in [9.17, 15) is 5.11 Å². The minimum atomic E-state index is 0.285. The minimum absolute atomic E-state index is 0.285. The van der Waals surface area contributed by atoms with E-state index in [1.54, 1.807) is 6.07 Å². The molecule has 0 saturated carbocycles. The molecular formula is C36H24O. The number of hydrogen-bond acceptors (Lipinski definition) is 1. The summed E-state index contributed by atoms with van der Waals surface area (Å²) in [7, 11) is 0. The molecule has 37 heavy (non-hydrogen) atoms. The first kappa shape index (κ1) is 21.4. The van der Waals surface area contributed by atoms with Gasteiger partial charge in [0.15, 0.2) is 0 Å². The van der Waals surface area contributed by atoms with Crippen LogP contribution in [0.3, 0.4) is 0 Å². The number of rotatable bonds is 3. The van der Waals surface area contributed by atoms with Crippen molar-refractivity contribution in [2.45, 2.75) is 0 Å². The lowest BCUT2D eigenvalue weighted by atomic mass is 9.84. The predicted molar refractivity (Wildman–Crippen MR) is 157 cm³/mol. The molecule has 0 aliphatic rings. The van der Waals surface area contributed by atoms with Gasteiger partial charge in [-0.3, -0.25) is 0 Å². The molecule has 0 aliphatic heterocycles. The smallest absolute Gasteiger partial charge is 0.116 e. The third kappa shape index (κ3) is 3.56. The van der Waals surface area contributed by atoms with Crippen molar-refractivity contribution in [2.75, 3.05) is 0 Å². The highest BCUT2D eigenvalue weighted by Gasteiger charge is 2.18. The quantitative estimate of drug-likeness (QED) is 0.254. The van der Waals surface area contributed by atoms with Crippen molar-refractivity contribution in [2.24, 2.45) is 0 Å². The Morgan fingerprint density at radius 2 is 0.919 bits per heavy atom. The molecule has 0 aromatic heterocycles. The molecule has 1 N–H and O–H groups in total. The van der Waals surface area contributed by atoms with E-state index >= 15 is 0 Å². The Balaban J connectivity index is 1.59. The van der Waals surface area contributed by atoms with Gasteiger partial charge in [0, 0.05) is 0 Å². The molecule has 7 aromatic rings. The highest BCUT2D eigenvalue weighted by molar-refractivity contribution is 6.23. The lowest BCUT2D eigenvalue weighted by molar-refractivity contribution is 0.476. The van der Waals surface area contributed by atoms with Gasteiger partial charge in [-0.1, -0.05) is 121 Å². The van der Waals surface area contributed by atoms with Crippen LogP contribution in [-0.2, 0) is 0 Å². The number of benzene rings is 7. The lowest BCUT2D eigenvalue weighted by Gasteiger charge is -2.19. The molecule has 0 saturated heterocycles. The fourth-order valence-electron chi connectivity index (χ4n) is 5.70. The summed E-state index contributed by atoms with van der Waals surface area (Å²) in [6, 6.07) is 48.9. The minimum Gasteiger partial charge on any atom is -0.508 e. The maximum atomic E-state index is 10.1. The summed E-state index contributed by atoms with van der Waals surface area (Å²) in [6.45, 7) is 0. The number of aromatic hydroxyl groups is 1. The van der Waals surface area contributed by atoms with E-state index < -0.39 is 0 Å². The van der Waals surface area contributed by atoms with Crippen LogP contribution in [0.5, 0.6) is 5.75 Å². The summed E-state index contributed by atoms with van der Waals surface area (Å²) < 4.78 is 0. The molecule has 1 nitrogen and oxygen atoms in total. The molecule has 0 spiro atoms. The third-order valence-electron chi connectivity index (χ3n) is 7.32.